The predicted octanol–water partition coefficient (Wildman–Crippen LogP) is 4.17. The van der Waals surface area contributed by atoms with Crippen LogP contribution in [0.15, 0.2) is 91.0 Å². The van der Waals surface area contributed by atoms with Crippen molar-refractivity contribution in [1.82, 2.24) is 5.32 Å². The summed E-state index contributed by atoms with van der Waals surface area (Å²) in [6, 6.07) is 22.3. The average molecular weight is 567 g/mol. The van der Waals surface area contributed by atoms with Crippen molar-refractivity contribution >= 4 is 45.6 Å². The minimum Gasteiger partial charge on any atom is -0.480 e. The van der Waals surface area contributed by atoms with Crippen LogP contribution in [0.5, 0.6) is 0 Å². The summed E-state index contributed by atoms with van der Waals surface area (Å²) in [5, 5.41) is 38.1. The number of nitrogens with zero attached hydrogens (tertiary/aromatic N) is 3. The number of aliphatic carboxylic acids is 1. The van der Waals surface area contributed by atoms with E-state index in [2.05, 4.69) is 5.32 Å². The Morgan fingerprint density at radius 2 is 1.52 bits per heavy atom. The molecule has 4 aromatic rings. The second-order valence-electron chi connectivity index (χ2n) is 10.4. The zero-order chi connectivity index (χ0) is 29.8. The molecule has 4 unspecified atom stereocenters. The van der Waals surface area contributed by atoms with Crippen LogP contribution in [0.1, 0.15) is 17.2 Å². The summed E-state index contributed by atoms with van der Waals surface area (Å²) in [6.07, 6.45) is -0.259. The minimum atomic E-state index is -1.98. The number of nitro benzene ring substituents is 2. The maximum absolute atomic E-state index is 14.1. The topological polar surface area (TPSA) is 173 Å². The van der Waals surface area contributed by atoms with Crippen LogP contribution in [0.3, 0.4) is 0 Å². The maximum Gasteiger partial charge on any atom is 0.325 e. The number of carboxylic acid groups (broad SMARTS) is 1. The van der Waals surface area contributed by atoms with Gasteiger partial charge < -0.3 is 5.11 Å². The first kappa shape index (κ1) is 26.7. The number of carbonyl (C=O) groups is 3. The Bertz CT molecular complexity index is 1800. The van der Waals surface area contributed by atoms with E-state index in [9.17, 15) is 39.7 Å². The standard InChI is InChI=1S/C30H22N4O8/c35-27-24-25(28(36)32(27)20-7-4-8-21(15-20)34(41)42)30(29(37)38,16-17-11-13-19(14-12-17)33(39)40)31-26(24)23-10-3-6-18-5-1-2-9-22(18)23/h1-15,24-26,31H,16H2,(H,37,38). The molecule has 0 spiro atoms. The van der Waals surface area contributed by atoms with Gasteiger partial charge in [0.25, 0.3) is 11.4 Å². The number of rotatable bonds is 7. The number of imide groups is 1. The van der Waals surface area contributed by atoms with E-state index < -0.39 is 51.0 Å². The lowest BCUT2D eigenvalue weighted by Gasteiger charge is -2.31. The molecule has 42 heavy (non-hydrogen) atoms. The Morgan fingerprint density at radius 3 is 2.21 bits per heavy atom. The number of carbonyl (C=O) groups excluding carboxylic acids is 2. The van der Waals surface area contributed by atoms with E-state index in [0.29, 0.717) is 11.1 Å². The van der Waals surface area contributed by atoms with Crippen molar-refractivity contribution in [3.8, 4) is 0 Å². The first-order valence-electron chi connectivity index (χ1n) is 13.0. The normalized spacial score (nSPS) is 23.2. The fraction of sp³-hybridized carbons (Fsp3) is 0.167. The number of hydrogen-bond donors (Lipinski definition) is 2. The first-order chi connectivity index (χ1) is 20.1. The molecule has 4 atom stereocenters. The molecule has 12 heteroatoms. The third-order valence-corrected chi connectivity index (χ3v) is 8.12. The molecular formula is C30H22N4O8. The molecule has 2 N–H and O–H groups in total. The van der Waals surface area contributed by atoms with Gasteiger partial charge in [0, 0.05) is 36.7 Å². The number of benzene rings is 4. The van der Waals surface area contributed by atoms with E-state index in [1.807, 2.05) is 30.3 Å². The summed E-state index contributed by atoms with van der Waals surface area (Å²) in [7, 11) is 0. The predicted molar refractivity (Wildman–Crippen MR) is 150 cm³/mol. The highest BCUT2D eigenvalue weighted by Gasteiger charge is 2.68. The van der Waals surface area contributed by atoms with Crippen LogP contribution in [0, 0.1) is 32.1 Å². The van der Waals surface area contributed by atoms with Gasteiger partial charge in [-0.15, -0.1) is 0 Å². The van der Waals surface area contributed by atoms with E-state index in [-0.39, 0.29) is 23.5 Å². The van der Waals surface area contributed by atoms with Gasteiger partial charge in [0.05, 0.1) is 27.4 Å². The lowest BCUT2D eigenvalue weighted by atomic mass is 9.76. The molecule has 2 fully saturated rings. The van der Waals surface area contributed by atoms with Crippen LogP contribution in [0.4, 0.5) is 17.1 Å². The third-order valence-electron chi connectivity index (χ3n) is 8.12. The molecule has 2 saturated heterocycles. The van der Waals surface area contributed by atoms with Gasteiger partial charge in [-0.05, 0) is 28.0 Å². The van der Waals surface area contributed by atoms with Crippen molar-refractivity contribution in [3.05, 3.63) is 122 Å². The van der Waals surface area contributed by atoms with Crippen molar-refractivity contribution in [2.75, 3.05) is 4.90 Å². The lowest BCUT2D eigenvalue weighted by Crippen LogP contribution is -2.57. The molecule has 2 heterocycles. The van der Waals surface area contributed by atoms with Crippen LogP contribution >= 0.6 is 0 Å². The summed E-state index contributed by atoms with van der Waals surface area (Å²) >= 11 is 0. The minimum absolute atomic E-state index is 0.0279. The van der Waals surface area contributed by atoms with Crippen LogP contribution in [0.25, 0.3) is 10.8 Å². The van der Waals surface area contributed by atoms with Gasteiger partial charge in [-0.25, -0.2) is 4.90 Å². The van der Waals surface area contributed by atoms with Gasteiger partial charge in [-0.1, -0.05) is 60.7 Å². The lowest BCUT2D eigenvalue weighted by molar-refractivity contribution is -0.385. The summed E-state index contributed by atoms with van der Waals surface area (Å²) in [5.41, 5.74) is -1.49. The molecule has 0 saturated carbocycles. The molecule has 4 aromatic carbocycles. The summed E-state index contributed by atoms with van der Waals surface area (Å²) in [6.45, 7) is 0. The first-order valence-corrected chi connectivity index (χ1v) is 13.0. The molecule has 2 aliphatic rings. The molecule has 2 aliphatic heterocycles. The molecule has 210 valence electrons. The smallest absolute Gasteiger partial charge is 0.325 e. The number of hydrogen-bond acceptors (Lipinski definition) is 8. The monoisotopic (exact) mass is 566 g/mol. The highest BCUT2D eigenvalue weighted by atomic mass is 16.6. The zero-order valence-corrected chi connectivity index (χ0v) is 21.7. The van der Waals surface area contributed by atoms with E-state index in [1.54, 1.807) is 12.1 Å². The number of non-ortho nitro benzene ring substituents is 2. The van der Waals surface area contributed by atoms with Crippen molar-refractivity contribution in [1.29, 1.82) is 0 Å². The van der Waals surface area contributed by atoms with E-state index in [1.165, 1.54) is 42.5 Å². The molecule has 6 rings (SSSR count). The van der Waals surface area contributed by atoms with Gasteiger partial charge in [0.15, 0.2) is 0 Å². The highest BCUT2D eigenvalue weighted by Crippen LogP contribution is 2.52. The van der Waals surface area contributed by atoms with Crippen LogP contribution < -0.4 is 10.2 Å². The number of carboxylic acids is 1. The quantitative estimate of drug-likeness (QED) is 0.189. The Balaban J connectivity index is 1.52. The third kappa shape index (κ3) is 4.08. The Labute approximate surface area is 237 Å². The molecule has 0 aliphatic carbocycles. The number of nitro groups is 2. The SMILES string of the molecule is O=C1C2C(c3cccc4ccccc34)NC(Cc3ccc([N+](=O)[O-])cc3)(C(=O)O)C2C(=O)N1c1cccc([N+](=O)[O-])c1. The van der Waals surface area contributed by atoms with E-state index >= 15 is 0 Å². The van der Waals surface area contributed by atoms with Gasteiger partial charge in [-0.3, -0.25) is 39.9 Å². The van der Waals surface area contributed by atoms with Gasteiger partial charge in [0.2, 0.25) is 11.8 Å². The Morgan fingerprint density at radius 1 is 0.857 bits per heavy atom. The highest BCUT2D eigenvalue weighted by molar-refractivity contribution is 6.24. The fourth-order valence-electron chi connectivity index (χ4n) is 6.28. The fourth-order valence-corrected chi connectivity index (χ4v) is 6.28. The van der Waals surface area contributed by atoms with Crippen molar-refractivity contribution in [3.63, 3.8) is 0 Å². The second kappa shape index (κ2) is 9.85. The molecule has 0 bridgehead atoms. The Hall–Kier alpha value is -5.49. The maximum atomic E-state index is 14.1. The van der Waals surface area contributed by atoms with Crippen LogP contribution in [-0.2, 0) is 20.8 Å². The Kier molecular flexibility index (Phi) is 6.27. The summed E-state index contributed by atoms with van der Waals surface area (Å²) < 4.78 is 0. The van der Waals surface area contributed by atoms with E-state index in [4.69, 9.17) is 0 Å². The van der Waals surface area contributed by atoms with Gasteiger partial charge in [0.1, 0.15) is 5.54 Å². The summed E-state index contributed by atoms with van der Waals surface area (Å²) in [5.74, 6) is -5.40. The summed E-state index contributed by atoms with van der Waals surface area (Å²) in [4.78, 5) is 63.6. The molecular weight excluding hydrogens is 544 g/mol. The largest absolute Gasteiger partial charge is 0.480 e. The number of nitrogens with one attached hydrogen (secondary N) is 1. The second-order valence-corrected chi connectivity index (χ2v) is 10.4. The number of anilines is 1. The number of amides is 2. The van der Waals surface area contributed by atoms with Crippen LogP contribution in [0.2, 0.25) is 0 Å². The molecule has 0 aromatic heterocycles. The number of fused-ring (bicyclic) bond motifs is 2. The molecule has 0 radical (unpaired) electrons. The molecule has 2 amide bonds. The van der Waals surface area contributed by atoms with Gasteiger partial charge in [-0.2, -0.15) is 0 Å². The zero-order valence-electron chi connectivity index (χ0n) is 21.7. The molecule has 12 nitrogen and oxygen atoms in total. The van der Waals surface area contributed by atoms with Gasteiger partial charge >= 0.3 is 5.97 Å². The van der Waals surface area contributed by atoms with Crippen molar-refractivity contribution in [2.45, 2.75) is 18.0 Å². The van der Waals surface area contributed by atoms with Crippen molar-refractivity contribution < 1.29 is 29.3 Å². The van der Waals surface area contributed by atoms with Crippen LogP contribution in [-0.4, -0.2) is 38.3 Å². The van der Waals surface area contributed by atoms with Crippen molar-refractivity contribution in [2.24, 2.45) is 11.8 Å². The van der Waals surface area contributed by atoms with E-state index in [0.717, 1.165) is 21.7 Å². The average Bonchev–Trinajstić information content (AvgIpc) is 3.46.